The number of rotatable bonds is 6. The van der Waals surface area contributed by atoms with Crippen LogP contribution in [-0.4, -0.2) is 37.3 Å². The van der Waals surface area contributed by atoms with E-state index in [0.717, 1.165) is 36.2 Å². The summed E-state index contributed by atoms with van der Waals surface area (Å²) in [4.78, 5) is 8.74. The predicted octanol–water partition coefficient (Wildman–Crippen LogP) is 1.83. The third-order valence-electron chi connectivity index (χ3n) is 2.56. The molecule has 5 nitrogen and oxygen atoms in total. The second kappa shape index (κ2) is 6.39. The number of hydrogen-bond donors (Lipinski definition) is 2. The molecule has 0 bridgehead atoms. The SMILES string of the molecule is CNc1nc(C)nc(NCC(C)COC)c1C. The van der Waals surface area contributed by atoms with E-state index in [4.69, 9.17) is 4.74 Å². The zero-order valence-electron chi connectivity index (χ0n) is 11.3. The molecule has 0 aliphatic rings. The average Bonchev–Trinajstić information content (AvgIpc) is 2.30. The van der Waals surface area contributed by atoms with Crippen molar-refractivity contribution >= 4 is 11.6 Å². The maximum Gasteiger partial charge on any atom is 0.134 e. The molecule has 0 saturated carbocycles. The Labute approximate surface area is 103 Å². The van der Waals surface area contributed by atoms with Gasteiger partial charge in [-0.1, -0.05) is 6.92 Å². The Hall–Kier alpha value is -1.36. The molecule has 17 heavy (non-hydrogen) atoms. The van der Waals surface area contributed by atoms with Gasteiger partial charge in [-0.2, -0.15) is 0 Å². The summed E-state index contributed by atoms with van der Waals surface area (Å²) >= 11 is 0. The molecule has 96 valence electrons. The summed E-state index contributed by atoms with van der Waals surface area (Å²) in [6.07, 6.45) is 0. The molecule has 1 rings (SSSR count). The largest absolute Gasteiger partial charge is 0.384 e. The van der Waals surface area contributed by atoms with Crippen molar-refractivity contribution in [3.8, 4) is 0 Å². The van der Waals surface area contributed by atoms with Gasteiger partial charge in [0.15, 0.2) is 0 Å². The van der Waals surface area contributed by atoms with Crippen LogP contribution in [0, 0.1) is 19.8 Å². The van der Waals surface area contributed by atoms with Crippen LogP contribution in [0.1, 0.15) is 18.3 Å². The summed E-state index contributed by atoms with van der Waals surface area (Å²) in [5.41, 5.74) is 1.04. The fraction of sp³-hybridized carbons (Fsp3) is 0.667. The molecule has 0 radical (unpaired) electrons. The second-order valence-electron chi connectivity index (χ2n) is 4.28. The molecule has 0 aliphatic carbocycles. The van der Waals surface area contributed by atoms with E-state index in [1.807, 2.05) is 20.9 Å². The summed E-state index contributed by atoms with van der Waals surface area (Å²) in [6, 6.07) is 0. The fourth-order valence-corrected chi connectivity index (χ4v) is 1.66. The third-order valence-corrected chi connectivity index (χ3v) is 2.56. The van der Waals surface area contributed by atoms with Gasteiger partial charge in [0.1, 0.15) is 17.5 Å². The first-order valence-corrected chi connectivity index (χ1v) is 5.84. The molecule has 1 aromatic rings. The summed E-state index contributed by atoms with van der Waals surface area (Å²) in [5, 5.41) is 6.42. The molecule has 0 fully saturated rings. The zero-order chi connectivity index (χ0) is 12.8. The van der Waals surface area contributed by atoms with Crippen molar-refractivity contribution in [1.82, 2.24) is 9.97 Å². The van der Waals surface area contributed by atoms with Crippen LogP contribution in [0.4, 0.5) is 11.6 Å². The van der Waals surface area contributed by atoms with E-state index in [1.165, 1.54) is 0 Å². The molecule has 0 spiro atoms. The first kappa shape index (κ1) is 13.7. The Bertz CT molecular complexity index is 368. The lowest BCUT2D eigenvalue weighted by molar-refractivity contribution is 0.164. The number of aryl methyl sites for hydroxylation is 1. The van der Waals surface area contributed by atoms with Crippen molar-refractivity contribution < 1.29 is 4.74 Å². The maximum atomic E-state index is 5.11. The summed E-state index contributed by atoms with van der Waals surface area (Å²) in [6.45, 7) is 7.63. The number of nitrogens with one attached hydrogen (secondary N) is 2. The molecule has 1 unspecified atom stereocenters. The van der Waals surface area contributed by atoms with Gasteiger partial charge in [-0.05, 0) is 19.8 Å². The highest BCUT2D eigenvalue weighted by Gasteiger charge is 2.09. The molecular formula is C12H22N4O. The van der Waals surface area contributed by atoms with Crippen LogP contribution in [0.15, 0.2) is 0 Å². The highest BCUT2D eigenvalue weighted by molar-refractivity contribution is 5.56. The molecule has 1 heterocycles. The van der Waals surface area contributed by atoms with E-state index in [9.17, 15) is 0 Å². The third kappa shape index (κ3) is 3.85. The average molecular weight is 238 g/mol. The van der Waals surface area contributed by atoms with Crippen LogP contribution < -0.4 is 10.6 Å². The van der Waals surface area contributed by atoms with E-state index < -0.39 is 0 Å². The minimum atomic E-state index is 0.452. The van der Waals surface area contributed by atoms with Crippen LogP contribution in [0.5, 0.6) is 0 Å². The standard InChI is InChI=1S/C12H22N4O/c1-8(7-17-5)6-14-12-9(2)11(13-4)15-10(3)16-12/h8H,6-7H2,1-5H3,(H2,13,14,15,16). The lowest BCUT2D eigenvalue weighted by Gasteiger charge is -2.15. The van der Waals surface area contributed by atoms with Crippen LogP contribution in [0.25, 0.3) is 0 Å². The van der Waals surface area contributed by atoms with Crippen LogP contribution >= 0.6 is 0 Å². The lowest BCUT2D eigenvalue weighted by Crippen LogP contribution is -2.18. The maximum absolute atomic E-state index is 5.11. The van der Waals surface area contributed by atoms with Crippen molar-refractivity contribution in [2.24, 2.45) is 5.92 Å². The number of nitrogens with zero attached hydrogens (tertiary/aromatic N) is 2. The normalized spacial score (nSPS) is 12.3. The molecule has 1 aromatic heterocycles. The van der Waals surface area contributed by atoms with Crippen molar-refractivity contribution in [3.63, 3.8) is 0 Å². The zero-order valence-corrected chi connectivity index (χ0v) is 11.3. The van der Waals surface area contributed by atoms with Crippen molar-refractivity contribution in [3.05, 3.63) is 11.4 Å². The van der Waals surface area contributed by atoms with Crippen LogP contribution in [0.3, 0.4) is 0 Å². The fourth-order valence-electron chi connectivity index (χ4n) is 1.66. The Balaban J connectivity index is 2.73. The van der Waals surface area contributed by atoms with Gasteiger partial charge < -0.3 is 15.4 Å². The van der Waals surface area contributed by atoms with Crippen molar-refractivity contribution in [2.75, 3.05) is 37.9 Å². The van der Waals surface area contributed by atoms with E-state index >= 15 is 0 Å². The molecule has 5 heteroatoms. The van der Waals surface area contributed by atoms with Gasteiger partial charge >= 0.3 is 0 Å². The first-order valence-electron chi connectivity index (χ1n) is 5.84. The Morgan fingerprint density at radius 1 is 1.24 bits per heavy atom. The van der Waals surface area contributed by atoms with Gasteiger partial charge in [0.2, 0.25) is 0 Å². The summed E-state index contributed by atoms with van der Waals surface area (Å²) < 4.78 is 5.11. The highest BCUT2D eigenvalue weighted by Crippen LogP contribution is 2.19. The van der Waals surface area contributed by atoms with Crippen molar-refractivity contribution in [2.45, 2.75) is 20.8 Å². The van der Waals surface area contributed by atoms with Crippen LogP contribution in [0.2, 0.25) is 0 Å². The van der Waals surface area contributed by atoms with Gasteiger partial charge in [-0.25, -0.2) is 9.97 Å². The summed E-state index contributed by atoms with van der Waals surface area (Å²) in [5.74, 6) is 2.98. The van der Waals surface area contributed by atoms with Crippen LogP contribution in [-0.2, 0) is 4.74 Å². The topological polar surface area (TPSA) is 59.1 Å². The van der Waals surface area contributed by atoms with Crippen molar-refractivity contribution in [1.29, 1.82) is 0 Å². The molecule has 0 aliphatic heterocycles. The van der Waals surface area contributed by atoms with Gasteiger partial charge in [-0.3, -0.25) is 0 Å². The number of hydrogen-bond acceptors (Lipinski definition) is 5. The van der Waals surface area contributed by atoms with E-state index in [1.54, 1.807) is 7.11 Å². The van der Waals surface area contributed by atoms with E-state index in [-0.39, 0.29) is 0 Å². The second-order valence-corrected chi connectivity index (χ2v) is 4.28. The van der Waals surface area contributed by atoms with Gasteiger partial charge in [-0.15, -0.1) is 0 Å². The van der Waals surface area contributed by atoms with Gasteiger partial charge in [0.25, 0.3) is 0 Å². The quantitative estimate of drug-likeness (QED) is 0.791. The number of ether oxygens (including phenoxy) is 1. The molecule has 0 saturated heterocycles. The predicted molar refractivity (Wildman–Crippen MR) is 70.6 cm³/mol. The molecule has 0 aromatic carbocycles. The molecule has 2 N–H and O–H groups in total. The lowest BCUT2D eigenvalue weighted by atomic mass is 10.2. The first-order chi connectivity index (χ1) is 8.08. The molecule has 1 atom stereocenters. The Morgan fingerprint density at radius 2 is 1.88 bits per heavy atom. The van der Waals surface area contributed by atoms with E-state index in [2.05, 4.69) is 27.5 Å². The Morgan fingerprint density at radius 3 is 2.47 bits per heavy atom. The minimum Gasteiger partial charge on any atom is -0.384 e. The number of aromatic nitrogens is 2. The number of methoxy groups -OCH3 is 1. The van der Waals surface area contributed by atoms with Gasteiger partial charge in [0.05, 0.1) is 6.61 Å². The molecule has 0 amide bonds. The van der Waals surface area contributed by atoms with Gasteiger partial charge in [0, 0.05) is 26.3 Å². The Kier molecular flexibility index (Phi) is 5.15. The number of anilines is 2. The highest BCUT2D eigenvalue weighted by atomic mass is 16.5. The van der Waals surface area contributed by atoms with E-state index in [0.29, 0.717) is 5.92 Å². The monoisotopic (exact) mass is 238 g/mol. The smallest absolute Gasteiger partial charge is 0.134 e. The molecular weight excluding hydrogens is 216 g/mol. The minimum absolute atomic E-state index is 0.452. The summed E-state index contributed by atoms with van der Waals surface area (Å²) in [7, 11) is 3.59.